The van der Waals surface area contributed by atoms with Crippen LogP contribution in [0, 0.1) is 10.1 Å². The minimum atomic E-state index is -4.54. The maximum atomic E-state index is 12.6. The Morgan fingerprint density at radius 2 is 1.77 bits per heavy atom. The number of esters is 1. The van der Waals surface area contributed by atoms with Gasteiger partial charge in [-0.1, -0.05) is 5.16 Å². The van der Waals surface area contributed by atoms with Crippen LogP contribution >= 0.6 is 0 Å². The molecule has 12 heteroatoms. The minimum absolute atomic E-state index is 0.0742. The molecule has 1 amide bonds. The van der Waals surface area contributed by atoms with Crippen LogP contribution in [-0.4, -0.2) is 36.2 Å². The zero-order valence-corrected chi connectivity index (χ0v) is 16.0. The van der Waals surface area contributed by atoms with Crippen molar-refractivity contribution in [3.63, 3.8) is 0 Å². The zero-order chi connectivity index (χ0) is 23.0. The number of nitro groups is 1. The molecule has 0 aliphatic rings. The van der Waals surface area contributed by atoms with Gasteiger partial charge in [0.05, 0.1) is 23.8 Å². The monoisotopic (exact) mass is 439 g/mol. The van der Waals surface area contributed by atoms with Gasteiger partial charge in [0.1, 0.15) is 6.61 Å². The Balaban J connectivity index is 1.98. The van der Waals surface area contributed by atoms with E-state index >= 15 is 0 Å². The van der Waals surface area contributed by atoms with E-state index in [1.165, 1.54) is 24.3 Å². The lowest BCUT2D eigenvalue weighted by atomic mass is 10.1. The van der Waals surface area contributed by atoms with E-state index in [-0.39, 0.29) is 17.9 Å². The van der Waals surface area contributed by atoms with Crippen molar-refractivity contribution in [1.82, 2.24) is 5.32 Å². The van der Waals surface area contributed by atoms with Gasteiger partial charge in [0.2, 0.25) is 0 Å². The molecule has 0 aromatic heterocycles. The molecule has 0 heterocycles. The van der Waals surface area contributed by atoms with Crippen LogP contribution < -0.4 is 5.32 Å². The van der Waals surface area contributed by atoms with Gasteiger partial charge in [-0.05, 0) is 42.0 Å². The quantitative estimate of drug-likeness (QED) is 0.292. The Bertz CT molecular complexity index is 959. The van der Waals surface area contributed by atoms with Crippen LogP contribution in [0.1, 0.15) is 21.5 Å². The van der Waals surface area contributed by atoms with Gasteiger partial charge in [0.15, 0.2) is 6.04 Å². The molecule has 0 spiro atoms. The van der Waals surface area contributed by atoms with Gasteiger partial charge >= 0.3 is 12.1 Å². The molecule has 0 saturated heterocycles. The molecule has 31 heavy (non-hydrogen) atoms. The van der Waals surface area contributed by atoms with Crippen LogP contribution in [0.15, 0.2) is 53.7 Å². The number of methoxy groups -OCH3 is 1. The number of amides is 1. The number of alkyl halides is 3. The van der Waals surface area contributed by atoms with Gasteiger partial charge in [-0.3, -0.25) is 14.9 Å². The SMILES string of the molecule is COC(=O)[C@H](/C=N\OCc1ccc([N+](=O)[O-])cc1)NC(=O)c1ccc(C(F)(F)F)cc1. The van der Waals surface area contributed by atoms with Crippen LogP contribution in [0.25, 0.3) is 0 Å². The van der Waals surface area contributed by atoms with Gasteiger partial charge in [0, 0.05) is 17.7 Å². The smallest absolute Gasteiger partial charge is 0.416 e. The average molecular weight is 439 g/mol. The van der Waals surface area contributed by atoms with Crippen molar-refractivity contribution < 1.29 is 37.3 Å². The summed E-state index contributed by atoms with van der Waals surface area (Å²) in [4.78, 5) is 39.1. The Morgan fingerprint density at radius 1 is 1.16 bits per heavy atom. The van der Waals surface area contributed by atoms with E-state index in [9.17, 15) is 32.9 Å². The molecule has 1 N–H and O–H groups in total. The molecule has 0 bridgehead atoms. The van der Waals surface area contributed by atoms with E-state index in [2.05, 4.69) is 15.2 Å². The van der Waals surface area contributed by atoms with Crippen LogP contribution in [0.2, 0.25) is 0 Å². The number of nitro benzene ring substituents is 1. The number of hydrogen-bond acceptors (Lipinski definition) is 7. The summed E-state index contributed by atoms with van der Waals surface area (Å²) in [5.41, 5.74) is -0.563. The highest BCUT2D eigenvalue weighted by atomic mass is 19.4. The van der Waals surface area contributed by atoms with E-state index in [1.54, 1.807) is 0 Å². The maximum Gasteiger partial charge on any atom is 0.416 e. The fraction of sp³-hybridized carbons (Fsp3) is 0.211. The van der Waals surface area contributed by atoms with Crippen molar-refractivity contribution in [3.8, 4) is 0 Å². The lowest BCUT2D eigenvalue weighted by Gasteiger charge is -2.13. The largest absolute Gasteiger partial charge is 0.467 e. The Hall–Kier alpha value is -3.96. The van der Waals surface area contributed by atoms with Gasteiger partial charge in [-0.15, -0.1) is 0 Å². The maximum absolute atomic E-state index is 12.6. The Morgan fingerprint density at radius 3 is 2.29 bits per heavy atom. The first-order valence-electron chi connectivity index (χ1n) is 8.56. The van der Waals surface area contributed by atoms with Crippen LogP contribution in [0.5, 0.6) is 0 Å². The number of nitrogens with zero attached hydrogens (tertiary/aromatic N) is 2. The summed E-state index contributed by atoms with van der Waals surface area (Å²) in [7, 11) is 1.07. The number of carbonyl (C=O) groups excluding carboxylic acids is 2. The van der Waals surface area contributed by atoms with Crippen molar-refractivity contribution in [3.05, 3.63) is 75.3 Å². The highest BCUT2D eigenvalue weighted by molar-refractivity contribution is 6.02. The van der Waals surface area contributed by atoms with E-state index < -0.39 is 34.6 Å². The molecule has 2 rings (SSSR count). The van der Waals surface area contributed by atoms with Gasteiger partial charge in [0.25, 0.3) is 11.6 Å². The second-order valence-corrected chi connectivity index (χ2v) is 6.00. The summed E-state index contributed by atoms with van der Waals surface area (Å²) in [6, 6.07) is 7.52. The topological polar surface area (TPSA) is 120 Å². The minimum Gasteiger partial charge on any atom is -0.467 e. The van der Waals surface area contributed by atoms with Crippen molar-refractivity contribution >= 4 is 23.8 Å². The third kappa shape index (κ3) is 6.80. The first-order chi connectivity index (χ1) is 14.6. The molecule has 0 fully saturated rings. The lowest BCUT2D eigenvalue weighted by Crippen LogP contribution is -2.42. The van der Waals surface area contributed by atoms with Crippen molar-refractivity contribution in [2.45, 2.75) is 18.8 Å². The van der Waals surface area contributed by atoms with Gasteiger partial charge in [-0.25, -0.2) is 4.79 Å². The fourth-order valence-electron chi connectivity index (χ4n) is 2.25. The Kier molecular flexibility index (Phi) is 7.66. The number of carbonyl (C=O) groups is 2. The normalized spacial score (nSPS) is 12.3. The van der Waals surface area contributed by atoms with Gasteiger partial charge in [-0.2, -0.15) is 13.2 Å². The molecular weight excluding hydrogens is 423 g/mol. The number of hydrogen-bond donors (Lipinski definition) is 1. The first-order valence-corrected chi connectivity index (χ1v) is 8.56. The van der Waals surface area contributed by atoms with E-state index in [0.29, 0.717) is 5.56 Å². The molecule has 0 aliphatic heterocycles. The number of non-ortho nitro benzene ring substituents is 1. The molecule has 2 aromatic carbocycles. The summed E-state index contributed by atoms with van der Waals surface area (Å²) in [5, 5.41) is 16.4. The third-order valence-electron chi connectivity index (χ3n) is 3.88. The number of halogens is 3. The molecule has 9 nitrogen and oxygen atoms in total. The predicted molar refractivity (Wildman–Crippen MR) is 101 cm³/mol. The summed E-state index contributed by atoms with van der Waals surface area (Å²) < 4.78 is 42.4. The molecule has 0 radical (unpaired) electrons. The van der Waals surface area contributed by atoms with E-state index in [4.69, 9.17) is 4.84 Å². The number of oxime groups is 1. The number of benzene rings is 2. The standard InChI is InChI=1S/C19H16F3N3O6/c1-30-18(27)16(10-23-31-11-12-2-8-15(9-3-12)25(28)29)24-17(26)13-4-6-14(7-5-13)19(20,21)22/h2-10,16H,11H2,1H3,(H,24,26)/b23-10-/t16-/m0/s1. The molecule has 1 atom stereocenters. The third-order valence-corrected chi connectivity index (χ3v) is 3.88. The molecular formula is C19H16F3N3O6. The second-order valence-electron chi connectivity index (χ2n) is 6.00. The average Bonchev–Trinajstić information content (AvgIpc) is 2.75. The summed E-state index contributed by atoms with van der Waals surface area (Å²) in [6.07, 6.45) is -3.60. The first kappa shape index (κ1) is 23.3. The molecule has 0 unspecified atom stereocenters. The van der Waals surface area contributed by atoms with Crippen molar-refractivity contribution in [2.75, 3.05) is 7.11 Å². The zero-order valence-electron chi connectivity index (χ0n) is 16.0. The molecule has 164 valence electrons. The van der Waals surface area contributed by atoms with Crippen LogP contribution in [0.4, 0.5) is 18.9 Å². The molecule has 0 saturated carbocycles. The predicted octanol–water partition coefficient (Wildman–Crippen LogP) is 3.09. The second kappa shape index (κ2) is 10.2. The fourth-order valence-corrected chi connectivity index (χ4v) is 2.25. The number of nitrogens with one attached hydrogen (secondary N) is 1. The lowest BCUT2D eigenvalue weighted by molar-refractivity contribution is -0.384. The summed E-state index contributed by atoms with van der Waals surface area (Å²) in [5.74, 6) is -1.71. The number of rotatable bonds is 8. The summed E-state index contributed by atoms with van der Waals surface area (Å²) in [6.45, 7) is -0.0742. The number of ether oxygens (including phenoxy) is 1. The van der Waals surface area contributed by atoms with Crippen molar-refractivity contribution in [2.24, 2.45) is 5.16 Å². The summed E-state index contributed by atoms with van der Waals surface area (Å²) >= 11 is 0. The highest BCUT2D eigenvalue weighted by Gasteiger charge is 2.30. The van der Waals surface area contributed by atoms with Gasteiger partial charge < -0.3 is 14.9 Å². The molecule has 2 aromatic rings. The molecule has 0 aliphatic carbocycles. The highest BCUT2D eigenvalue weighted by Crippen LogP contribution is 2.29. The van der Waals surface area contributed by atoms with Crippen molar-refractivity contribution in [1.29, 1.82) is 0 Å². The van der Waals surface area contributed by atoms with E-state index in [1.807, 2.05) is 0 Å². The van der Waals surface area contributed by atoms with Crippen LogP contribution in [0.3, 0.4) is 0 Å². The Labute approximate surface area is 173 Å². The van der Waals surface area contributed by atoms with E-state index in [0.717, 1.165) is 37.6 Å². The van der Waals surface area contributed by atoms with Crippen LogP contribution in [-0.2, 0) is 27.2 Å².